The zero-order chi connectivity index (χ0) is 14.6. The quantitative estimate of drug-likeness (QED) is 0.799. The molecule has 0 bridgehead atoms. The van der Waals surface area contributed by atoms with Crippen LogP contribution >= 0.6 is 0 Å². The summed E-state index contributed by atoms with van der Waals surface area (Å²) in [7, 11) is 0. The molecule has 1 aliphatic heterocycles. The van der Waals surface area contributed by atoms with Crippen LogP contribution in [0.4, 0.5) is 23.7 Å². The summed E-state index contributed by atoms with van der Waals surface area (Å²) in [5, 5.41) is 7.48. The number of alkyl halides is 3. The smallest absolute Gasteiger partial charge is 0.380 e. The first-order valence-corrected chi connectivity index (χ1v) is 6.37. The van der Waals surface area contributed by atoms with Crippen LogP contribution in [-0.2, 0) is 6.42 Å². The molecule has 1 aromatic rings. The van der Waals surface area contributed by atoms with Crippen molar-refractivity contribution in [1.82, 2.24) is 10.6 Å². The summed E-state index contributed by atoms with van der Waals surface area (Å²) in [4.78, 5) is 11.2. The predicted octanol–water partition coefficient (Wildman–Crippen LogP) is 2.27. The van der Waals surface area contributed by atoms with Crippen LogP contribution in [0.2, 0.25) is 0 Å². The molecule has 7 heteroatoms. The minimum atomic E-state index is -4.39. The number of para-hydroxylation sites is 1. The van der Waals surface area contributed by atoms with Gasteiger partial charge in [0, 0.05) is 18.3 Å². The van der Waals surface area contributed by atoms with Crippen molar-refractivity contribution in [1.29, 1.82) is 0 Å². The van der Waals surface area contributed by atoms with Gasteiger partial charge in [-0.05, 0) is 24.5 Å². The maximum Gasteiger partial charge on any atom is 0.405 e. The van der Waals surface area contributed by atoms with Gasteiger partial charge in [0.15, 0.2) is 0 Å². The van der Waals surface area contributed by atoms with E-state index in [0.717, 1.165) is 18.5 Å². The van der Waals surface area contributed by atoms with Gasteiger partial charge in [0.25, 0.3) is 0 Å². The number of urea groups is 1. The molecule has 0 radical (unpaired) electrons. The first kappa shape index (κ1) is 14.5. The summed E-state index contributed by atoms with van der Waals surface area (Å²) >= 11 is 0. The van der Waals surface area contributed by atoms with Gasteiger partial charge >= 0.3 is 12.2 Å². The number of carbonyl (C=O) groups excluding carboxylic acids is 1. The predicted molar refractivity (Wildman–Crippen MR) is 69.6 cm³/mol. The van der Waals surface area contributed by atoms with E-state index in [1.54, 1.807) is 5.32 Å². The van der Waals surface area contributed by atoms with Crippen LogP contribution in [0, 0.1) is 0 Å². The second-order valence-electron chi connectivity index (χ2n) is 4.72. The fourth-order valence-electron chi connectivity index (χ4n) is 2.11. The molecule has 0 aromatic heterocycles. The highest BCUT2D eigenvalue weighted by molar-refractivity contribution is 5.74. The lowest BCUT2D eigenvalue weighted by Crippen LogP contribution is -2.45. The molecule has 2 rings (SSSR count). The van der Waals surface area contributed by atoms with Gasteiger partial charge in [-0.1, -0.05) is 18.2 Å². The number of aryl methyl sites for hydroxylation is 1. The number of hydrogen-bond donors (Lipinski definition) is 3. The van der Waals surface area contributed by atoms with Crippen LogP contribution in [0.15, 0.2) is 24.3 Å². The van der Waals surface area contributed by atoms with Gasteiger partial charge in [0.1, 0.15) is 6.54 Å². The van der Waals surface area contributed by atoms with Gasteiger partial charge < -0.3 is 16.0 Å². The van der Waals surface area contributed by atoms with Crippen molar-refractivity contribution in [2.75, 3.05) is 18.4 Å². The molecule has 0 spiro atoms. The second-order valence-corrected chi connectivity index (χ2v) is 4.72. The fourth-order valence-corrected chi connectivity index (χ4v) is 2.11. The van der Waals surface area contributed by atoms with Crippen LogP contribution < -0.4 is 16.0 Å². The Labute approximate surface area is 114 Å². The Morgan fingerprint density at radius 1 is 1.30 bits per heavy atom. The first-order chi connectivity index (χ1) is 9.44. The highest BCUT2D eigenvalue weighted by atomic mass is 19.4. The molecule has 1 aliphatic rings. The molecule has 1 atom stereocenters. The first-order valence-electron chi connectivity index (χ1n) is 6.37. The van der Waals surface area contributed by atoms with E-state index >= 15 is 0 Å². The van der Waals surface area contributed by atoms with E-state index in [0.29, 0.717) is 0 Å². The van der Waals surface area contributed by atoms with Crippen molar-refractivity contribution in [3.05, 3.63) is 29.8 Å². The van der Waals surface area contributed by atoms with Crippen LogP contribution in [0.1, 0.15) is 12.0 Å². The van der Waals surface area contributed by atoms with Gasteiger partial charge in [-0.2, -0.15) is 13.2 Å². The van der Waals surface area contributed by atoms with Crippen molar-refractivity contribution in [3.8, 4) is 0 Å². The van der Waals surface area contributed by atoms with Crippen LogP contribution in [0.25, 0.3) is 0 Å². The lowest BCUT2D eigenvalue weighted by Gasteiger charge is -2.27. The summed E-state index contributed by atoms with van der Waals surface area (Å²) < 4.78 is 35.8. The number of hydrogen-bond acceptors (Lipinski definition) is 2. The zero-order valence-electron chi connectivity index (χ0n) is 10.8. The Morgan fingerprint density at radius 2 is 2.05 bits per heavy atom. The van der Waals surface area contributed by atoms with E-state index in [1.807, 2.05) is 24.3 Å². The number of nitrogens with one attached hydrogen (secondary N) is 3. The molecule has 0 saturated heterocycles. The van der Waals surface area contributed by atoms with Gasteiger partial charge in [-0.25, -0.2) is 4.79 Å². The number of amides is 2. The highest BCUT2D eigenvalue weighted by Crippen LogP contribution is 2.23. The fraction of sp³-hybridized carbons (Fsp3) is 0.462. The Hall–Kier alpha value is -1.92. The molecule has 0 saturated carbocycles. The molecule has 0 fully saturated rings. The van der Waals surface area contributed by atoms with E-state index in [-0.39, 0.29) is 12.6 Å². The lowest BCUT2D eigenvalue weighted by molar-refractivity contribution is -0.122. The second kappa shape index (κ2) is 6.02. The standard InChI is InChI=1S/C13H16F3N3O/c14-13(15,16)8-18-12(20)17-7-10-6-5-9-3-1-2-4-11(9)19-10/h1-4,10,19H,5-8H2,(H2,17,18,20)/t10-/m1/s1. The Kier molecular flexibility index (Phi) is 4.36. The number of rotatable bonds is 3. The largest absolute Gasteiger partial charge is 0.405 e. The molecule has 1 heterocycles. The molecular weight excluding hydrogens is 271 g/mol. The minimum Gasteiger partial charge on any atom is -0.380 e. The van der Waals surface area contributed by atoms with Crippen molar-refractivity contribution in [2.24, 2.45) is 0 Å². The Bertz CT molecular complexity index is 476. The SMILES string of the molecule is O=C(NC[C@H]1CCc2ccccc2N1)NCC(F)(F)F. The van der Waals surface area contributed by atoms with Crippen LogP contribution in [-0.4, -0.2) is 31.3 Å². The molecule has 0 aliphatic carbocycles. The molecule has 110 valence electrons. The molecule has 2 amide bonds. The molecular formula is C13H16F3N3O. The topological polar surface area (TPSA) is 53.2 Å². The van der Waals surface area contributed by atoms with Crippen molar-refractivity contribution < 1.29 is 18.0 Å². The lowest BCUT2D eigenvalue weighted by atomic mass is 9.98. The number of carbonyl (C=O) groups is 1. The monoisotopic (exact) mass is 287 g/mol. The Balaban J connectivity index is 1.75. The summed E-state index contributed by atoms with van der Waals surface area (Å²) in [6.45, 7) is -1.03. The van der Waals surface area contributed by atoms with Gasteiger partial charge in [0.05, 0.1) is 0 Å². The van der Waals surface area contributed by atoms with Gasteiger partial charge in [-0.15, -0.1) is 0 Å². The van der Waals surface area contributed by atoms with E-state index in [2.05, 4.69) is 10.6 Å². The average molecular weight is 287 g/mol. The van der Waals surface area contributed by atoms with E-state index in [9.17, 15) is 18.0 Å². The third-order valence-electron chi connectivity index (χ3n) is 3.10. The maximum atomic E-state index is 11.9. The average Bonchev–Trinajstić information content (AvgIpc) is 2.42. The molecule has 4 nitrogen and oxygen atoms in total. The molecule has 1 aromatic carbocycles. The third-order valence-corrected chi connectivity index (χ3v) is 3.10. The van der Waals surface area contributed by atoms with Crippen LogP contribution in [0.3, 0.4) is 0 Å². The van der Waals surface area contributed by atoms with Crippen molar-refractivity contribution >= 4 is 11.7 Å². The van der Waals surface area contributed by atoms with E-state index in [4.69, 9.17) is 0 Å². The third kappa shape index (κ3) is 4.32. The van der Waals surface area contributed by atoms with Crippen molar-refractivity contribution in [2.45, 2.75) is 25.1 Å². The van der Waals surface area contributed by atoms with Gasteiger partial charge in [0.2, 0.25) is 0 Å². The summed E-state index contributed by atoms with van der Waals surface area (Å²) in [6, 6.07) is 7.08. The van der Waals surface area contributed by atoms with Gasteiger partial charge in [-0.3, -0.25) is 0 Å². The summed E-state index contributed by atoms with van der Waals surface area (Å²) in [5.41, 5.74) is 2.23. The zero-order valence-corrected chi connectivity index (χ0v) is 10.8. The van der Waals surface area contributed by atoms with E-state index < -0.39 is 18.8 Å². The summed E-state index contributed by atoms with van der Waals surface area (Å²) in [6.07, 6.45) is -2.67. The van der Waals surface area contributed by atoms with Crippen molar-refractivity contribution in [3.63, 3.8) is 0 Å². The minimum absolute atomic E-state index is 0.0292. The number of halogens is 3. The van der Waals surface area contributed by atoms with Crippen LogP contribution in [0.5, 0.6) is 0 Å². The molecule has 0 unspecified atom stereocenters. The molecule has 3 N–H and O–H groups in total. The van der Waals surface area contributed by atoms with E-state index in [1.165, 1.54) is 5.56 Å². The molecule has 20 heavy (non-hydrogen) atoms. The maximum absolute atomic E-state index is 11.9. The number of anilines is 1. The highest BCUT2D eigenvalue weighted by Gasteiger charge is 2.27. The summed E-state index contributed by atoms with van der Waals surface area (Å²) in [5.74, 6) is 0. The Morgan fingerprint density at radius 3 is 2.80 bits per heavy atom. The number of fused-ring (bicyclic) bond motifs is 1. The number of benzene rings is 1. The normalized spacial score (nSPS) is 17.9.